The van der Waals surface area contributed by atoms with E-state index in [0.717, 1.165) is 6.26 Å². The van der Waals surface area contributed by atoms with Crippen LogP contribution in [0.1, 0.15) is 29.6 Å². The van der Waals surface area contributed by atoms with Gasteiger partial charge in [-0.3, -0.25) is 9.59 Å². The molecule has 2 rings (SSSR count). The van der Waals surface area contributed by atoms with Crippen molar-refractivity contribution in [1.29, 1.82) is 0 Å². The predicted molar refractivity (Wildman–Crippen MR) is 85.0 cm³/mol. The highest BCUT2D eigenvalue weighted by molar-refractivity contribution is 7.90. The Bertz CT molecular complexity index is 803. The number of benzene rings is 1. The smallest absolute Gasteiger partial charge is 0.198 e. The summed E-state index contributed by atoms with van der Waals surface area (Å²) < 4.78 is 23.0. The zero-order chi connectivity index (χ0) is 16.5. The minimum absolute atomic E-state index is 0.0159. The van der Waals surface area contributed by atoms with Crippen molar-refractivity contribution in [2.75, 3.05) is 6.26 Å². The number of Topliss-reactive ketones (excluding diaryl/α,β-unsaturated/α-hetero) is 2. The summed E-state index contributed by atoms with van der Waals surface area (Å²) in [5.74, 6) is -0.709. The van der Waals surface area contributed by atoms with Crippen LogP contribution in [0.25, 0.3) is 0 Å². The van der Waals surface area contributed by atoms with Gasteiger partial charge in [0.05, 0.1) is 15.5 Å². The van der Waals surface area contributed by atoms with E-state index >= 15 is 0 Å². The highest BCUT2D eigenvalue weighted by Crippen LogP contribution is 2.29. The molecule has 116 valence electrons. The second-order valence-corrected chi connectivity index (χ2v) is 7.55. The molecule has 4 nitrogen and oxygen atoms in total. The summed E-state index contributed by atoms with van der Waals surface area (Å²) in [5.41, 5.74) is 0.846. The van der Waals surface area contributed by atoms with E-state index < -0.39 is 15.6 Å². The Morgan fingerprint density at radius 2 is 2.00 bits per heavy atom. The predicted octanol–water partition coefficient (Wildman–Crippen LogP) is 3.16. The Labute approximate surface area is 134 Å². The minimum atomic E-state index is -3.41. The molecule has 0 spiro atoms. The summed E-state index contributed by atoms with van der Waals surface area (Å²) in [5, 5.41) is 0.0159. The van der Waals surface area contributed by atoms with E-state index in [2.05, 4.69) is 6.58 Å². The highest BCUT2D eigenvalue weighted by Gasteiger charge is 2.27. The quantitative estimate of drug-likeness (QED) is 0.624. The van der Waals surface area contributed by atoms with Crippen molar-refractivity contribution >= 4 is 33.0 Å². The number of ketones is 2. The number of carbonyl (C=O) groups excluding carboxylic acids is 2. The van der Waals surface area contributed by atoms with Crippen LogP contribution in [0.2, 0.25) is 5.02 Å². The molecular weight excluding hydrogens is 324 g/mol. The molecule has 1 aromatic rings. The average molecular weight is 339 g/mol. The third-order valence-electron chi connectivity index (χ3n) is 3.54. The Hall–Kier alpha value is -1.72. The van der Waals surface area contributed by atoms with E-state index in [-0.39, 0.29) is 26.8 Å². The first-order valence-electron chi connectivity index (χ1n) is 6.69. The SMILES string of the molecule is C=CC1=C(C(=O)c2ccc(S(C)(=O)=O)cc2Cl)C(=O)CCC1. The third kappa shape index (κ3) is 3.20. The zero-order valence-electron chi connectivity index (χ0n) is 12.1. The van der Waals surface area contributed by atoms with Crippen molar-refractivity contribution < 1.29 is 18.0 Å². The molecule has 22 heavy (non-hydrogen) atoms. The maximum Gasteiger partial charge on any atom is 0.198 e. The molecule has 0 bridgehead atoms. The summed E-state index contributed by atoms with van der Waals surface area (Å²) in [6.07, 6.45) is 4.21. The van der Waals surface area contributed by atoms with Gasteiger partial charge in [0, 0.05) is 18.2 Å². The van der Waals surface area contributed by atoms with Gasteiger partial charge < -0.3 is 0 Å². The molecule has 1 aliphatic carbocycles. The molecular formula is C16H15ClO4S. The fourth-order valence-corrected chi connectivity index (χ4v) is 3.37. The number of rotatable bonds is 4. The number of halogens is 1. The number of hydrogen-bond donors (Lipinski definition) is 0. The van der Waals surface area contributed by atoms with E-state index in [1.165, 1.54) is 24.3 Å². The van der Waals surface area contributed by atoms with Gasteiger partial charge in [-0.25, -0.2) is 8.42 Å². The molecule has 0 heterocycles. The normalized spacial score (nSPS) is 15.8. The third-order valence-corrected chi connectivity index (χ3v) is 4.96. The maximum atomic E-state index is 12.6. The highest BCUT2D eigenvalue weighted by atomic mass is 35.5. The van der Waals surface area contributed by atoms with Crippen LogP contribution in [0.15, 0.2) is 46.9 Å². The Kier molecular flexibility index (Phi) is 4.68. The van der Waals surface area contributed by atoms with Crippen molar-refractivity contribution in [3.8, 4) is 0 Å². The lowest BCUT2D eigenvalue weighted by Gasteiger charge is -2.16. The summed E-state index contributed by atoms with van der Waals surface area (Å²) >= 11 is 6.04. The van der Waals surface area contributed by atoms with Gasteiger partial charge in [-0.15, -0.1) is 0 Å². The molecule has 0 saturated heterocycles. The molecule has 0 aromatic heterocycles. The van der Waals surface area contributed by atoms with Crippen molar-refractivity contribution in [2.45, 2.75) is 24.2 Å². The average Bonchev–Trinajstić information content (AvgIpc) is 2.45. The van der Waals surface area contributed by atoms with Gasteiger partial charge in [0.15, 0.2) is 21.4 Å². The van der Waals surface area contributed by atoms with Crippen LogP contribution in [-0.2, 0) is 14.6 Å². The van der Waals surface area contributed by atoms with Gasteiger partial charge in [0.2, 0.25) is 0 Å². The van der Waals surface area contributed by atoms with Gasteiger partial charge >= 0.3 is 0 Å². The number of carbonyl (C=O) groups is 2. The molecule has 0 saturated carbocycles. The first kappa shape index (κ1) is 16.6. The zero-order valence-corrected chi connectivity index (χ0v) is 13.6. The van der Waals surface area contributed by atoms with Crippen LogP contribution >= 0.6 is 11.6 Å². The summed E-state index contributed by atoms with van der Waals surface area (Å²) in [6, 6.07) is 3.89. The molecule has 0 unspecified atom stereocenters. The van der Waals surface area contributed by atoms with E-state index in [1.54, 1.807) is 0 Å². The Morgan fingerprint density at radius 3 is 2.55 bits per heavy atom. The lowest BCUT2D eigenvalue weighted by Crippen LogP contribution is -2.19. The molecule has 0 amide bonds. The molecule has 6 heteroatoms. The number of hydrogen-bond acceptors (Lipinski definition) is 4. The van der Waals surface area contributed by atoms with E-state index in [1.807, 2.05) is 0 Å². The van der Waals surface area contributed by atoms with Crippen LogP contribution in [0, 0.1) is 0 Å². The molecule has 0 aliphatic heterocycles. The molecule has 0 fully saturated rings. The van der Waals surface area contributed by atoms with E-state index in [9.17, 15) is 18.0 Å². The number of allylic oxidation sites excluding steroid dienone is 3. The van der Waals surface area contributed by atoms with Gasteiger partial charge in [-0.1, -0.05) is 24.3 Å². The standard InChI is InChI=1S/C16H15ClO4S/c1-3-10-5-4-6-14(18)15(10)16(19)12-8-7-11(9-13(12)17)22(2,20)21/h3,7-9H,1,4-6H2,2H3. The van der Waals surface area contributed by atoms with Gasteiger partial charge in [0.25, 0.3) is 0 Å². The lowest BCUT2D eigenvalue weighted by atomic mass is 9.86. The monoisotopic (exact) mass is 338 g/mol. The van der Waals surface area contributed by atoms with Crippen molar-refractivity contribution in [2.24, 2.45) is 0 Å². The Balaban J connectivity index is 2.52. The molecule has 0 N–H and O–H groups in total. The van der Waals surface area contributed by atoms with Crippen LogP contribution in [-0.4, -0.2) is 26.2 Å². The van der Waals surface area contributed by atoms with Gasteiger partial charge in [-0.05, 0) is 36.6 Å². The van der Waals surface area contributed by atoms with Crippen LogP contribution in [0.3, 0.4) is 0 Å². The van der Waals surface area contributed by atoms with Gasteiger partial charge in [0.1, 0.15) is 0 Å². The first-order chi connectivity index (χ1) is 10.3. The largest absolute Gasteiger partial charge is 0.294 e. The summed E-state index contributed by atoms with van der Waals surface area (Å²) in [4.78, 5) is 24.7. The summed E-state index contributed by atoms with van der Waals surface area (Å²) in [6.45, 7) is 3.64. The van der Waals surface area contributed by atoms with E-state index in [0.29, 0.717) is 24.8 Å². The van der Waals surface area contributed by atoms with Crippen LogP contribution in [0.4, 0.5) is 0 Å². The minimum Gasteiger partial charge on any atom is -0.294 e. The van der Waals surface area contributed by atoms with Crippen molar-refractivity contribution in [3.05, 3.63) is 52.6 Å². The van der Waals surface area contributed by atoms with Crippen LogP contribution < -0.4 is 0 Å². The summed E-state index contributed by atoms with van der Waals surface area (Å²) in [7, 11) is -3.41. The number of sulfone groups is 1. The van der Waals surface area contributed by atoms with Gasteiger partial charge in [-0.2, -0.15) is 0 Å². The Morgan fingerprint density at radius 1 is 1.32 bits per heavy atom. The second kappa shape index (κ2) is 6.18. The van der Waals surface area contributed by atoms with E-state index in [4.69, 9.17) is 11.6 Å². The topological polar surface area (TPSA) is 68.3 Å². The van der Waals surface area contributed by atoms with Crippen LogP contribution in [0.5, 0.6) is 0 Å². The molecule has 0 radical (unpaired) electrons. The maximum absolute atomic E-state index is 12.6. The fraction of sp³-hybridized carbons (Fsp3) is 0.250. The molecule has 1 aliphatic rings. The first-order valence-corrected chi connectivity index (χ1v) is 8.95. The molecule has 0 atom stereocenters. The van der Waals surface area contributed by atoms with Crippen molar-refractivity contribution in [1.82, 2.24) is 0 Å². The second-order valence-electron chi connectivity index (χ2n) is 5.12. The van der Waals surface area contributed by atoms with Crippen molar-refractivity contribution in [3.63, 3.8) is 0 Å². The molecule has 1 aromatic carbocycles. The fourth-order valence-electron chi connectivity index (χ4n) is 2.39. The lowest BCUT2D eigenvalue weighted by molar-refractivity contribution is -0.115.